The molecule has 130 valence electrons. The van der Waals surface area contributed by atoms with E-state index in [-0.39, 0.29) is 5.56 Å². The van der Waals surface area contributed by atoms with Crippen LogP contribution in [0, 0.1) is 0 Å². The van der Waals surface area contributed by atoms with Crippen molar-refractivity contribution in [3.05, 3.63) is 46.9 Å². The first-order valence-corrected chi connectivity index (χ1v) is 8.65. The number of ether oxygens (including phenoxy) is 1. The number of aromatic amines is 2. The Morgan fingerprint density at radius 2 is 2.00 bits per heavy atom. The third kappa shape index (κ3) is 3.39. The highest BCUT2D eigenvalue weighted by molar-refractivity contribution is 5.87. The third-order valence-electron chi connectivity index (χ3n) is 4.68. The smallest absolute Gasteiger partial charge is 0.257 e. The van der Waals surface area contributed by atoms with Crippen LogP contribution in [0.1, 0.15) is 12.8 Å². The topological polar surface area (TPSA) is 87.1 Å². The second kappa shape index (κ2) is 6.64. The number of H-pyrrole nitrogens is 2. The molecule has 1 saturated heterocycles. The van der Waals surface area contributed by atoms with E-state index in [1.165, 1.54) is 32.1 Å². The lowest BCUT2D eigenvalue weighted by molar-refractivity contribution is 0.238. The van der Waals surface area contributed by atoms with Gasteiger partial charge in [0.2, 0.25) is 0 Å². The van der Waals surface area contributed by atoms with Crippen LogP contribution in [0.4, 0.5) is 5.69 Å². The van der Waals surface area contributed by atoms with Gasteiger partial charge < -0.3 is 20.4 Å². The van der Waals surface area contributed by atoms with Crippen LogP contribution in [0.15, 0.2) is 41.3 Å². The van der Waals surface area contributed by atoms with Crippen LogP contribution in [0.2, 0.25) is 0 Å². The number of pyridine rings is 1. The number of rotatable bonds is 5. The average molecular weight is 338 g/mol. The zero-order chi connectivity index (χ0) is 17.2. The van der Waals surface area contributed by atoms with E-state index >= 15 is 0 Å². The molecule has 2 aromatic heterocycles. The Balaban J connectivity index is 1.52. The molecule has 6 heteroatoms. The average Bonchev–Trinajstić information content (AvgIpc) is 3.26. The van der Waals surface area contributed by atoms with E-state index in [2.05, 4.69) is 14.9 Å². The van der Waals surface area contributed by atoms with Crippen LogP contribution < -0.4 is 16.0 Å². The van der Waals surface area contributed by atoms with Crippen LogP contribution in [-0.2, 0) is 0 Å². The Morgan fingerprint density at radius 1 is 1.16 bits per heavy atom. The zero-order valence-corrected chi connectivity index (χ0v) is 14.0. The fourth-order valence-electron chi connectivity index (χ4n) is 3.35. The van der Waals surface area contributed by atoms with Crippen molar-refractivity contribution in [1.29, 1.82) is 0 Å². The second-order valence-electron chi connectivity index (χ2n) is 6.51. The van der Waals surface area contributed by atoms with Gasteiger partial charge in [-0.25, -0.2) is 0 Å². The number of hydrogen-bond acceptors (Lipinski definition) is 4. The summed E-state index contributed by atoms with van der Waals surface area (Å²) >= 11 is 0. The van der Waals surface area contributed by atoms with Gasteiger partial charge in [-0.15, -0.1) is 0 Å². The Labute approximate surface area is 145 Å². The lowest BCUT2D eigenvalue weighted by atomic mass is 10.2. The monoisotopic (exact) mass is 338 g/mol. The zero-order valence-electron chi connectivity index (χ0n) is 14.0. The summed E-state index contributed by atoms with van der Waals surface area (Å²) in [6.45, 7) is 4.02. The Kier molecular flexibility index (Phi) is 4.19. The van der Waals surface area contributed by atoms with Crippen LogP contribution in [0.5, 0.6) is 5.75 Å². The minimum Gasteiger partial charge on any atom is -0.492 e. The first-order chi connectivity index (χ1) is 12.2. The summed E-state index contributed by atoms with van der Waals surface area (Å²) in [4.78, 5) is 20.4. The summed E-state index contributed by atoms with van der Waals surface area (Å²) in [6, 6.07) is 9.56. The number of fused-ring (bicyclic) bond motifs is 1. The van der Waals surface area contributed by atoms with Crippen LogP contribution >= 0.6 is 0 Å². The predicted octanol–water partition coefficient (Wildman–Crippen LogP) is 2.58. The molecule has 4 rings (SSSR count). The van der Waals surface area contributed by atoms with Gasteiger partial charge in [0.15, 0.2) is 0 Å². The normalized spacial score (nSPS) is 15.0. The van der Waals surface area contributed by atoms with E-state index in [1.54, 1.807) is 6.07 Å². The van der Waals surface area contributed by atoms with Gasteiger partial charge in [0.05, 0.1) is 11.3 Å². The quantitative estimate of drug-likeness (QED) is 0.667. The van der Waals surface area contributed by atoms with E-state index < -0.39 is 0 Å². The van der Waals surface area contributed by atoms with Crippen LogP contribution in [0.25, 0.3) is 22.2 Å². The Hall–Kier alpha value is -2.73. The van der Waals surface area contributed by atoms with Crippen molar-refractivity contribution in [2.24, 2.45) is 0 Å². The molecule has 4 N–H and O–H groups in total. The van der Waals surface area contributed by atoms with Gasteiger partial charge in [0.1, 0.15) is 12.4 Å². The summed E-state index contributed by atoms with van der Waals surface area (Å²) < 4.78 is 5.89. The highest BCUT2D eigenvalue weighted by atomic mass is 16.5. The lowest BCUT2D eigenvalue weighted by Crippen LogP contribution is -2.25. The second-order valence-corrected chi connectivity index (χ2v) is 6.51. The number of hydrogen-bond donors (Lipinski definition) is 3. The molecule has 1 fully saturated rings. The highest BCUT2D eigenvalue weighted by Crippen LogP contribution is 2.26. The Morgan fingerprint density at radius 3 is 2.84 bits per heavy atom. The fourth-order valence-corrected chi connectivity index (χ4v) is 3.35. The maximum absolute atomic E-state index is 12.0. The van der Waals surface area contributed by atoms with E-state index in [0.29, 0.717) is 17.9 Å². The summed E-state index contributed by atoms with van der Waals surface area (Å²) in [5, 5.41) is 1.01. The van der Waals surface area contributed by atoms with Crippen molar-refractivity contribution >= 4 is 16.6 Å². The number of nitrogens with one attached hydrogen (secondary N) is 2. The molecule has 0 aliphatic carbocycles. The molecule has 0 bridgehead atoms. The highest BCUT2D eigenvalue weighted by Gasteiger charge is 2.11. The van der Waals surface area contributed by atoms with E-state index in [4.69, 9.17) is 10.5 Å². The van der Waals surface area contributed by atoms with Gasteiger partial charge in [0, 0.05) is 29.3 Å². The number of benzene rings is 1. The number of anilines is 1. The van der Waals surface area contributed by atoms with Crippen molar-refractivity contribution in [1.82, 2.24) is 14.9 Å². The fraction of sp³-hybridized carbons (Fsp3) is 0.316. The molecule has 0 saturated carbocycles. The molecule has 0 unspecified atom stereocenters. The van der Waals surface area contributed by atoms with Crippen LogP contribution in [0.3, 0.4) is 0 Å². The van der Waals surface area contributed by atoms with Crippen molar-refractivity contribution < 1.29 is 4.74 Å². The van der Waals surface area contributed by atoms with Crippen molar-refractivity contribution in [2.75, 3.05) is 32.0 Å². The van der Waals surface area contributed by atoms with Gasteiger partial charge in [0.25, 0.3) is 5.56 Å². The third-order valence-corrected chi connectivity index (χ3v) is 4.68. The van der Waals surface area contributed by atoms with Crippen LogP contribution in [-0.4, -0.2) is 41.1 Å². The molecule has 0 spiro atoms. The van der Waals surface area contributed by atoms with E-state index in [0.717, 1.165) is 28.9 Å². The molecule has 6 nitrogen and oxygen atoms in total. The first kappa shape index (κ1) is 15.8. The van der Waals surface area contributed by atoms with Gasteiger partial charge >= 0.3 is 0 Å². The number of nitrogens with two attached hydrogens (primary N) is 1. The molecule has 0 radical (unpaired) electrons. The number of nitrogen functional groups attached to an aromatic ring is 1. The molecule has 0 amide bonds. The van der Waals surface area contributed by atoms with Crippen molar-refractivity contribution in [3.63, 3.8) is 0 Å². The molecular weight excluding hydrogens is 316 g/mol. The molecule has 1 aliphatic rings. The van der Waals surface area contributed by atoms with Gasteiger partial charge in [-0.3, -0.25) is 9.69 Å². The van der Waals surface area contributed by atoms with Gasteiger partial charge in [-0.05, 0) is 56.3 Å². The van der Waals surface area contributed by atoms with Gasteiger partial charge in [-0.1, -0.05) is 0 Å². The van der Waals surface area contributed by atoms with E-state index in [1.807, 2.05) is 24.3 Å². The molecule has 0 atom stereocenters. The first-order valence-electron chi connectivity index (χ1n) is 8.65. The minimum atomic E-state index is -0.164. The molecule has 3 aromatic rings. The molecule has 3 heterocycles. The predicted molar refractivity (Wildman–Crippen MR) is 99.9 cm³/mol. The largest absolute Gasteiger partial charge is 0.492 e. The summed E-state index contributed by atoms with van der Waals surface area (Å²) in [6.07, 6.45) is 4.09. The molecule has 1 aromatic carbocycles. The summed E-state index contributed by atoms with van der Waals surface area (Å²) in [5.74, 6) is 0.846. The maximum Gasteiger partial charge on any atom is 0.257 e. The Bertz CT molecular complexity index is 938. The standard InChI is InChI=1S/C19H22N4O2/c20-14-11-16(19(24)21-12-14)18-10-13-9-15(3-4-17(13)22-18)25-8-7-23-5-1-2-6-23/h3-4,9-12,22H,1-2,5-8,20H2,(H,21,24). The summed E-state index contributed by atoms with van der Waals surface area (Å²) in [5.41, 5.74) is 8.39. The van der Waals surface area contributed by atoms with Crippen molar-refractivity contribution in [3.8, 4) is 17.0 Å². The lowest BCUT2D eigenvalue weighted by Gasteiger charge is -2.14. The van der Waals surface area contributed by atoms with E-state index in [9.17, 15) is 4.79 Å². The maximum atomic E-state index is 12.0. The SMILES string of the molecule is Nc1c[nH]c(=O)c(-c2cc3cc(OCCN4CCCC4)ccc3[nH]2)c1. The number of aromatic nitrogens is 2. The van der Waals surface area contributed by atoms with Gasteiger partial charge in [-0.2, -0.15) is 0 Å². The molecule has 1 aliphatic heterocycles. The minimum absolute atomic E-state index is 0.164. The van der Waals surface area contributed by atoms with Crippen molar-refractivity contribution in [2.45, 2.75) is 12.8 Å². The number of likely N-dealkylation sites (tertiary alicyclic amines) is 1. The molecular formula is C19H22N4O2. The molecule has 25 heavy (non-hydrogen) atoms. The summed E-state index contributed by atoms with van der Waals surface area (Å²) in [7, 11) is 0. The number of nitrogens with zero attached hydrogens (tertiary/aromatic N) is 1.